The molecule has 2 aromatic carbocycles. The zero-order chi connectivity index (χ0) is 24.8. The van der Waals surface area contributed by atoms with Gasteiger partial charge in [0, 0.05) is 17.3 Å². The number of carbonyl (C=O) groups excluding carboxylic acids is 2. The highest BCUT2D eigenvalue weighted by Gasteiger charge is 2.38. The number of fused-ring (bicyclic) bond motifs is 1. The van der Waals surface area contributed by atoms with Crippen molar-refractivity contribution in [1.29, 1.82) is 0 Å². The van der Waals surface area contributed by atoms with Gasteiger partial charge in [0.2, 0.25) is 0 Å². The van der Waals surface area contributed by atoms with Gasteiger partial charge in [0.15, 0.2) is 5.11 Å². The Morgan fingerprint density at radius 1 is 1.15 bits per heavy atom. The van der Waals surface area contributed by atoms with E-state index >= 15 is 0 Å². The van der Waals surface area contributed by atoms with Crippen molar-refractivity contribution in [1.82, 2.24) is 5.32 Å². The largest absolute Gasteiger partial charge is 0.364 e. The summed E-state index contributed by atoms with van der Waals surface area (Å²) in [5.41, 5.74) is 5.15. The highest BCUT2D eigenvalue weighted by atomic mass is 32.1. The molecule has 0 aliphatic carbocycles. The number of thiocarbonyl (C=S) groups is 1. The number of nitrogens with zero attached hydrogens (tertiary/aromatic N) is 2. The van der Waals surface area contributed by atoms with E-state index in [2.05, 4.69) is 57.0 Å². The molecule has 0 saturated carbocycles. The van der Waals surface area contributed by atoms with Crippen molar-refractivity contribution >= 4 is 46.6 Å². The summed E-state index contributed by atoms with van der Waals surface area (Å²) in [7, 11) is 0. The Balaban J connectivity index is 1.75. The Labute approximate surface area is 207 Å². The molecule has 0 bridgehead atoms. The molecule has 4 rings (SSSR count). The third kappa shape index (κ3) is 4.16. The standard InChI is InChI=1S/C28H33N3O2S/c1-7-20-10-8-9-11-23(20)30-26(33)22(25(32)29-27(30)34)15-19-12-13-24-21(14-19)18(4)16-28(5,6)31(24)17(2)3/h8-15,17-18H,7,16H2,1-6H3,(H,29,32,34)/b22-15+/t18-/m0/s1. The van der Waals surface area contributed by atoms with Crippen molar-refractivity contribution in [3.63, 3.8) is 0 Å². The zero-order valence-electron chi connectivity index (χ0n) is 20.8. The molecule has 2 aromatic rings. The first kappa shape index (κ1) is 24.1. The van der Waals surface area contributed by atoms with Gasteiger partial charge in [-0.25, -0.2) is 0 Å². The normalized spacial score (nSPS) is 21.2. The molecule has 5 nitrogen and oxygen atoms in total. The number of rotatable bonds is 4. The number of nitrogens with one attached hydrogen (secondary N) is 1. The highest BCUT2D eigenvalue weighted by Crippen LogP contribution is 2.44. The van der Waals surface area contributed by atoms with Crippen LogP contribution in [0.15, 0.2) is 48.0 Å². The number of hydrogen-bond acceptors (Lipinski definition) is 4. The number of anilines is 2. The van der Waals surface area contributed by atoms with E-state index in [4.69, 9.17) is 12.2 Å². The Morgan fingerprint density at radius 2 is 1.85 bits per heavy atom. The Morgan fingerprint density at radius 3 is 2.53 bits per heavy atom. The number of amides is 2. The van der Waals surface area contributed by atoms with Crippen LogP contribution in [0.5, 0.6) is 0 Å². The summed E-state index contributed by atoms with van der Waals surface area (Å²) in [6.45, 7) is 13.3. The van der Waals surface area contributed by atoms with Crippen LogP contribution in [0, 0.1) is 0 Å². The summed E-state index contributed by atoms with van der Waals surface area (Å²) in [6.07, 6.45) is 3.47. The third-order valence-electron chi connectivity index (χ3n) is 6.84. The van der Waals surface area contributed by atoms with E-state index < -0.39 is 11.8 Å². The van der Waals surface area contributed by atoms with Gasteiger partial charge in [0.25, 0.3) is 11.8 Å². The summed E-state index contributed by atoms with van der Waals surface area (Å²) in [6, 6.07) is 14.2. The predicted octanol–water partition coefficient (Wildman–Crippen LogP) is 5.58. The number of aryl methyl sites for hydroxylation is 1. The van der Waals surface area contributed by atoms with E-state index in [1.807, 2.05) is 37.3 Å². The van der Waals surface area contributed by atoms with Crippen molar-refractivity contribution in [2.24, 2.45) is 0 Å². The maximum Gasteiger partial charge on any atom is 0.270 e. The van der Waals surface area contributed by atoms with Gasteiger partial charge in [-0.05, 0) is 99.6 Å². The van der Waals surface area contributed by atoms with Crippen molar-refractivity contribution in [3.05, 3.63) is 64.7 Å². The summed E-state index contributed by atoms with van der Waals surface area (Å²) >= 11 is 5.38. The van der Waals surface area contributed by atoms with E-state index in [1.54, 1.807) is 6.08 Å². The molecule has 0 aromatic heterocycles. The molecule has 1 saturated heterocycles. The van der Waals surface area contributed by atoms with Gasteiger partial charge in [0.1, 0.15) is 5.57 Å². The van der Waals surface area contributed by atoms with Gasteiger partial charge in [-0.2, -0.15) is 0 Å². The van der Waals surface area contributed by atoms with Crippen molar-refractivity contribution < 1.29 is 9.59 Å². The molecular formula is C28H33N3O2S. The topological polar surface area (TPSA) is 52.7 Å². The van der Waals surface area contributed by atoms with Gasteiger partial charge in [-0.3, -0.25) is 19.8 Å². The fourth-order valence-corrected chi connectivity index (χ4v) is 5.88. The first-order valence-corrected chi connectivity index (χ1v) is 12.4. The number of para-hydroxylation sites is 1. The quantitative estimate of drug-likeness (QED) is 0.356. The molecule has 34 heavy (non-hydrogen) atoms. The van der Waals surface area contributed by atoms with Crippen molar-refractivity contribution in [2.75, 3.05) is 9.80 Å². The molecule has 0 radical (unpaired) electrons. The van der Waals surface area contributed by atoms with Gasteiger partial charge in [-0.1, -0.05) is 38.1 Å². The summed E-state index contributed by atoms with van der Waals surface area (Å²) in [5, 5.41) is 2.82. The number of benzene rings is 2. The van der Waals surface area contributed by atoms with Crippen LogP contribution in [0.2, 0.25) is 0 Å². The lowest BCUT2D eigenvalue weighted by Gasteiger charge is -2.50. The average molecular weight is 476 g/mol. The second-order valence-corrected chi connectivity index (χ2v) is 10.5. The average Bonchev–Trinajstić information content (AvgIpc) is 2.76. The van der Waals surface area contributed by atoms with Crippen LogP contribution in [0.1, 0.15) is 70.6 Å². The van der Waals surface area contributed by atoms with E-state index in [-0.39, 0.29) is 16.2 Å². The lowest BCUT2D eigenvalue weighted by Crippen LogP contribution is -2.54. The van der Waals surface area contributed by atoms with Crippen LogP contribution >= 0.6 is 12.2 Å². The summed E-state index contributed by atoms with van der Waals surface area (Å²) in [4.78, 5) is 30.2. The van der Waals surface area contributed by atoms with Crippen molar-refractivity contribution in [3.8, 4) is 0 Å². The van der Waals surface area contributed by atoms with E-state index in [9.17, 15) is 9.59 Å². The third-order valence-corrected chi connectivity index (χ3v) is 7.13. The molecule has 6 heteroatoms. The molecule has 2 heterocycles. The van der Waals surface area contributed by atoms with Crippen molar-refractivity contribution in [2.45, 2.75) is 71.9 Å². The van der Waals surface area contributed by atoms with Crippen LogP contribution in [0.4, 0.5) is 11.4 Å². The first-order chi connectivity index (χ1) is 16.0. The Hall–Kier alpha value is -2.99. The van der Waals surface area contributed by atoms with E-state index in [0.29, 0.717) is 17.6 Å². The predicted molar refractivity (Wildman–Crippen MR) is 143 cm³/mol. The molecule has 0 unspecified atom stereocenters. The van der Waals surface area contributed by atoms with Gasteiger partial charge in [-0.15, -0.1) is 0 Å². The summed E-state index contributed by atoms with van der Waals surface area (Å²) in [5.74, 6) is -0.490. The first-order valence-electron chi connectivity index (χ1n) is 12.0. The molecule has 2 aliphatic heterocycles. The number of carbonyl (C=O) groups is 2. The van der Waals surface area contributed by atoms with Gasteiger partial charge >= 0.3 is 0 Å². The minimum absolute atomic E-state index is 0.0582. The maximum absolute atomic E-state index is 13.5. The van der Waals surface area contributed by atoms with Crippen LogP contribution in [0.25, 0.3) is 6.08 Å². The molecule has 1 atom stereocenters. The van der Waals surface area contributed by atoms with Crippen LogP contribution in [-0.4, -0.2) is 28.5 Å². The molecule has 1 fully saturated rings. The second-order valence-electron chi connectivity index (χ2n) is 10.1. The zero-order valence-corrected chi connectivity index (χ0v) is 21.6. The Kier molecular flexibility index (Phi) is 6.38. The smallest absolute Gasteiger partial charge is 0.270 e. The lowest BCUT2D eigenvalue weighted by atomic mass is 9.78. The molecule has 178 valence electrons. The number of hydrogen-bond donors (Lipinski definition) is 1. The molecule has 1 N–H and O–H groups in total. The van der Waals surface area contributed by atoms with Crippen LogP contribution < -0.4 is 15.1 Å². The van der Waals surface area contributed by atoms with Gasteiger partial charge in [0.05, 0.1) is 5.69 Å². The lowest BCUT2D eigenvalue weighted by molar-refractivity contribution is -0.122. The van der Waals surface area contributed by atoms with E-state index in [0.717, 1.165) is 24.0 Å². The minimum atomic E-state index is -0.462. The fourth-order valence-electron chi connectivity index (χ4n) is 5.61. The Bertz CT molecular complexity index is 1200. The van der Waals surface area contributed by atoms with Crippen LogP contribution in [0.3, 0.4) is 0 Å². The molecular weight excluding hydrogens is 442 g/mol. The minimum Gasteiger partial charge on any atom is -0.364 e. The fraction of sp³-hybridized carbons (Fsp3) is 0.393. The highest BCUT2D eigenvalue weighted by molar-refractivity contribution is 7.80. The van der Waals surface area contributed by atoms with Crippen LogP contribution in [-0.2, 0) is 16.0 Å². The molecule has 2 aliphatic rings. The second kappa shape index (κ2) is 8.99. The molecule has 2 amide bonds. The maximum atomic E-state index is 13.5. The van der Waals surface area contributed by atoms with E-state index in [1.165, 1.54) is 16.2 Å². The SMILES string of the molecule is CCc1ccccc1N1C(=O)/C(=C/c2ccc3c(c2)[C@@H](C)CC(C)(C)N3C(C)C)C(=O)NC1=S. The monoisotopic (exact) mass is 475 g/mol. The van der Waals surface area contributed by atoms with Gasteiger partial charge < -0.3 is 4.90 Å². The summed E-state index contributed by atoms with van der Waals surface area (Å²) < 4.78 is 0. The molecule has 0 spiro atoms.